The summed E-state index contributed by atoms with van der Waals surface area (Å²) in [6.45, 7) is 0. The van der Waals surface area contributed by atoms with Crippen LogP contribution in [-0.4, -0.2) is 15.9 Å². The number of amides is 1. The van der Waals surface area contributed by atoms with Crippen LogP contribution in [0, 0.1) is 5.82 Å². The largest absolute Gasteiger partial charge is 0.322 e. The summed E-state index contributed by atoms with van der Waals surface area (Å²) < 4.78 is 13.6. The summed E-state index contributed by atoms with van der Waals surface area (Å²) in [6.07, 6.45) is 2.92. The van der Waals surface area contributed by atoms with Crippen LogP contribution in [0.25, 0.3) is 0 Å². The first-order valence-electron chi connectivity index (χ1n) is 7.13. The number of aromatic nitrogens is 2. The molecule has 8 heteroatoms. The van der Waals surface area contributed by atoms with Crippen molar-refractivity contribution < 1.29 is 9.18 Å². The predicted molar refractivity (Wildman–Crippen MR) is 96.1 cm³/mol. The monoisotopic (exact) mass is 376 g/mol. The molecule has 0 atom stereocenters. The fraction of sp³-hybridized carbons (Fsp3) is 0. The van der Waals surface area contributed by atoms with Crippen LogP contribution >= 0.6 is 23.2 Å². The zero-order chi connectivity index (χ0) is 17.8. The number of hydrogen-bond acceptors (Lipinski definition) is 4. The quantitative estimate of drug-likeness (QED) is 0.678. The summed E-state index contributed by atoms with van der Waals surface area (Å²) in [6, 6.07) is 10.7. The Labute approximate surface area is 152 Å². The van der Waals surface area contributed by atoms with Crippen molar-refractivity contribution in [2.24, 2.45) is 0 Å². The number of rotatable bonds is 4. The van der Waals surface area contributed by atoms with E-state index in [1.54, 1.807) is 24.3 Å². The molecule has 2 heterocycles. The molecule has 25 heavy (non-hydrogen) atoms. The van der Waals surface area contributed by atoms with E-state index in [0.717, 1.165) is 0 Å². The zero-order valence-corrected chi connectivity index (χ0v) is 14.1. The minimum absolute atomic E-state index is 0.0348. The molecule has 0 bridgehead atoms. The fourth-order valence-electron chi connectivity index (χ4n) is 2.08. The van der Waals surface area contributed by atoms with Crippen LogP contribution in [0.5, 0.6) is 0 Å². The van der Waals surface area contributed by atoms with Gasteiger partial charge in [0.15, 0.2) is 11.6 Å². The number of carbonyl (C=O) groups is 1. The lowest BCUT2D eigenvalue weighted by Gasteiger charge is -2.10. The van der Waals surface area contributed by atoms with Crippen LogP contribution in [0.1, 0.15) is 10.4 Å². The molecule has 2 N–H and O–H groups in total. The molecular formula is C17H11Cl2FN4O. The second-order valence-corrected chi connectivity index (χ2v) is 5.75. The molecule has 0 spiro atoms. The Bertz CT molecular complexity index is 916. The van der Waals surface area contributed by atoms with Gasteiger partial charge in [-0.25, -0.2) is 14.4 Å². The van der Waals surface area contributed by atoms with E-state index < -0.39 is 11.7 Å². The van der Waals surface area contributed by atoms with Crippen LogP contribution in [-0.2, 0) is 0 Å². The first-order chi connectivity index (χ1) is 12.0. The van der Waals surface area contributed by atoms with Crippen LogP contribution in [0.15, 0.2) is 54.9 Å². The first-order valence-corrected chi connectivity index (χ1v) is 7.89. The summed E-state index contributed by atoms with van der Waals surface area (Å²) in [5.41, 5.74) is 0.614. The van der Waals surface area contributed by atoms with E-state index in [0.29, 0.717) is 11.5 Å². The highest BCUT2D eigenvalue weighted by Gasteiger charge is 2.15. The molecule has 0 fully saturated rings. The fourth-order valence-corrected chi connectivity index (χ4v) is 2.65. The Kier molecular flexibility index (Phi) is 5.11. The molecule has 5 nitrogen and oxygen atoms in total. The maximum absolute atomic E-state index is 13.6. The van der Waals surface area contributed by atoms with Crippen molar-refractivity contribution in [1.82, 2.24) is 9.97 Å². The molecule has 1 aromatic carbocycles. The standard InChI is InChI=1S/C17H11Cl2FN4O/c18-11-3-1-4-12(19)15(11)17(25)23-10-6-8-21-14(9-10)24-16-13(20)5-2-7-22-16/h1-9H,(H2,21,22,23,24,25). The second kappa shape index (κ2) is 7.46. The van der Waals surface area contributed by atoms with E-state index in [2.05, 4.69) is 20.6 Å². The number of hydrogen-bond donors (Lipinski definition) is 2. The van der Waals surface area contributed by atoms with Gasteiger partial charge < -0.3 is 10.6 Å². The lowest BCUT2D eigenvalue weighted by atomic mass is 10.2. The first kappa shape index (κ1) is 17.1. The van der Waals surface area contributed by atoms with Crippen molar-refractivity contribution in [1.29, 1.82) is 0 Å². The van der Waals surface area contributed by atoms with Gasteiger partial charge in [0.05, 0.1) is 15.6 Å². The van der Waals surface area contributed by atoms with Crippen molar-refractivity contribution in [3.8, 4) is 0 Å². The summed E-state index contributed by atoms with van der Waals surface area (Å²) in [7, 11) is 0. The highest BCUT2D eigenvalue weighted by Crippen LogP contribution is 2.26. The van der Waals surface area contributed by atoms with Crippen LogP contribution in [0.3, 0.4) is 0 Å². The Balaban J connectivity index is 1.80. The minimum Gasteiger partial charge on any atom is -0.322 e. The van der Waals surface area contributed by atoms with Crippen molar-refractivity contribution in [2.75, 3.05) is 10.6 Å². The Morgan fingerprint density at radius 3 is 2.48 bits per heavy atom. The number of halogens is 3. The normalized spacial score (nSPS) is 10.4. The number of anilines is 3. The lowest BCUT2D eigenvalue weighted by Crippen LogP contribution is -2.13. The molecule has 3 rings (SSSR count). The Morgan fingerprint density at radius 2 is 1.76 bits per heavy atom. The van der Waals surface area contributed by atoms with Crippen LogP contribution < -0.4 is 10.6 Å². The van der Waals surface area contributed by atoms with Crippen molar-refractivity contribution >= 4 is 46.4 Å². The van der Waals surface area contributed by atoms with Crippen LogP contribution in [0.4, 0.5) is 21.7 Å². The van der Waals surface area contributed by atoms with E-state index >= 15 is 0 Å². The third-order valence-electron chi connectivity index (χ3n) is 3.21. The smallest absolute Gasteiger partial charge is 0.258 e. The molecular weight excluding hydrogens is 366 g/mol. The van der Waals surface area contributed by atoms with E-state index in [4.69, 9.17) is 23.2 Å². The van der Waals surface area contributed by atoms with E-state index in [1.165, 1.54) is 30.6 Å². The van der Waals surface area contributed by atoms with Gasteiger partial charge in [-0.3, -0.25) is 4.79 Å². The average Bonchev–Trinajstić information content (AvgIpc) is 2.57. The highest BCUT2D eigenvalue weighted by molar-refractivity contribution is 6.40. The highest BCUT2D eigenvalue weighted by atomic mass is 35.5. The number of pyridine rings is 2. The molecule has 0 saturated carbocycles. The Hall–Kier alpha value is -2.70. The molecule has 1 amide bonds. The molecule has 0 aliphatic heterocycles. The van der Waals surface area contributed by atoms with Gasteiger partial charge in [0.1, 0.15) is 5.82 Å². The SMILES string of the molecule is O=C(Nc1ccnc(Nc2ncccc2F)c1)c1c(Cl)cccc1Cl. The molecule has 0 aliphatic carbocycles. The van der Waals surface area contributed by atoms with Crippen molar-refractivity contribution in [3.05, 3.63) is 76.3 Å². The van der Waals surface area contributed by atoms with Gasteiger partial charge in [-0.1, -0.05) is 29.3 Å². The van der Waals surface area contributed by atoms with E-state index in [-0.39, 0.29) is 21.4 Å². The minimum atomic E-state index is -0.512. The van der Waals surface area contributed by atoms with Gasteiger partial charge in [-0.2, -0.15) is 0 Å². The van der Waals surface area contributed by atoms with Gasteiger partial charge >= 0.3 is 0 Å². The molecule has 126 valence electrons. The zero-order valence-electron chi connectivity index (χ0n) is 12.6. The molecule has 0 aliphatic rings. The third-order valence-corrected chi connectivity index (χ3v) is 3.84. The van der Waals surface area contributed by atoms with Crippen molar-refractivity contribution in [3.63, 3.8) is 0 Å². The topological polar surface area (TPSA) is 66.9 Å². The van der Waals surface area contributed by atoms with Gasteiger partial charge in [-0.05, 0) is 30.3 Å². The molecule has 2 aromatic heterocycles. The number of benzene rings is 1. The predicted octanol–water partition coefficient (Wildman–Crippen LogP) is 4.92. The maximum Gasteiger partial charge on any atom is 0.258 e. The molecule has 0 unspecified atom stereocenters. The van der Waals surface area contributed by atoms with Gasteiger partial charge in [0.25, 0.3) is 5.91 Å². The van der Waals surface area contributed by atoms with Gasteiger partial charge in [0, 0.05) is 24.1 Å². The molecule has 3 aromatic rings. The van der Waals surface area contributed by atoms with E-state index in [1.807, 2.05) is 0 Å². The summed E-state index contributed by atoms with van der Waals surface area (Å²) >= 11 is 12.1. The summed E-state index contributed by atoms with van der Waals surface area (Å²) in [4.78, 5) is 20.3. The van der Waals surface area contributed by atoms with Gasteiger partial charge in [0.2, 0.25) is 0 Å². The van der Waals surface area contributed by atoms with Crippen molar-refractivity contribution in [2.45, 2.75) is 0 Å². The summed E-state index contributed by atoms with van der Waals surface area (Å²) in [5.74, 6) is -0.619. The lowest BCUT2D eigenvalue weighted by molar-refractivity contribution is 0.102. The number of carbonyl (C=O) groups excluding carboxylic acids is 1. The van der Waals surface area contributed by atoms with E-state index in [9.17, 15) is 9.18 Å². The van der Waals surface area contributed by atoms with Gasteiger partial charge in [-0.15, -0.1) is 0 Å². The van der Waals surface area contributed by atoms with Crippen LogP contribution in [0.2, 0.25) is 10.0 Å². The Morgan fingerprint density at radius 1 is 1.00 bits per heavy atom. The molecule has 0 radical (unpaired) electrons. The number of nitrogens with one attached hydrogen (secondary N) is 2. The maximum atomic E-state index is 13.6. The average molecular weight is 377 g/mol. The molecule has 0 saturated heterocycles. The summed E-state index contributed by atoms with van der Waals surface area (Å²) in [5, 5.41) is 5.91. The number of nitrogens with zero attached hydrogens (tertiary/aromatic N) is 2. The third kappa shape index (κ3) is 4.04. The second-order valence-electron chi connectivity index (χ2n) is 4.94.